The molecule has 1 heterocycles. The molecule has 0 aliphatic heterocycles. The number of carbonyl (C=O) groups is 1. The van der Waals surface area contributed by atoms with Crippen molar-refractivity contribution < 1.29 is 19.4 Å². The van der Waals surface area contributed by atoms with Gasteiger partial charge in [-0.15, -0.1) is 0 Å². The molecule has 0 atom stereocenters. The Labute approximate surface area is 143 Å². The van der Waals surface area contributed by atoms with E-state index >= 15 is 0 Å². The Morgan fingerprint density at radius 1 is 1.04 bits per heavy atom. The van der Waals surface area contributed by atoms with E-state index in [1.165, 1.54) is 19.2 Å². The van der Waals surface area contributed by atoms with Gasteiger partial charge in [0.2, 0.25) is 0 Å². The van der Waals surface area contributed by atoms with E-state index in [9.17, 15) is 9.59 Å². The third-order valence-electron chi connectivity index (χ3n) is 4.03. The van der Waals surface area contributed by atoms with Gasteiger partial charge >= 0.3 is 5.97 Å². The van der Waals surface area contributed by atoms with Gasteiger partial charge in [-0.25, -0.2) is 4.79 Å². The van der Waals surface area contributed by atoms with E-state index in [1.807, 2.05) is 6.07 Å². The van der Waals surface area contributed by atoms with Gasteiger partial charge in [-0.3, -0.25) is 4.79 Å². The lowest BCUT2D eigenvalue weighted by molar-refractivity contribution is 0.0697. The predicted octanol–water partition coefficient (Wildman–Crippen LogP) is 2.77. The molecule has 0 aliphatic carbocycles. The number of ether oxygens (including phenoxy) is 2. The average Bonchev–Trinajstić information content (AvgIpc) is 2.63. The van der Waals surface area contributed by atoms with Gasteiger partial charge in [-0.2, -0.15) is 0 Å². The van der Waals surface area contributed by atoms with Crippen molar-refractivity contribution in [2.75, 3.05) is 14.2 Å². The van der Waals surface area contributed by atoms with Gasteiger partial charge in [-0.1, -0.05) is 12.1 Å². The summed E-state index contributed by atoms with van der Waals surface area (Å²) in [6, 6.07) is 11.7. The topological polar surface area (TPSA) is 77.8 Å². The number of carboxylic acids is 1. The molecule has 3 aromatic rings. The van der Waals surface area contributed by atoms with Crippen molar-refractivity contribution >= 4 is 16.7 Å². The van der Waals surface area contributed by atoms with Crippen LogP contribution in [0.15, 0.2) is 53.5 Å². The van der Waals surface area contributed by atoms with Crippen LogP contribution in [0, 0.1) is 0 Å². The Hall–Kier alpha value is -3.28. The summed E-state index contributed by atoms with van der Waals surface area (Å²) in [6.45, 7) is 0.350. The van der Waals surface area contributed by atoms with Gasteiger partial charge in [0.25, 0.3) is 5.56 Å². The van der Waals surface area contributed by atoms with Crippen LogP contribution in [0.3, 0.4) is 0 Å². The Morgan fingerprint density at radius 2 is 1.68 bits per heavy atom. The molecule has 2 aromatic carbocycles. The van der Waals surface area contributed by atoms with E-state index in [-0.39, 0.29) is 11.1 Å². The second-order valence-electron chi connectivity index (χ2n) is 5.55. The molecule has 1 aromatic heterocycles. The number of rotatable bonds is 5. The lowest BCUT2D eigenvalue weighted by atomic mass is 10.1. The lowest BCUT2D eigenvalue weighted by Gasteiger charge is -2.11. The molecule has 0 radical (unpaired) electrons. The van der Waals surface area contributed by atoms with Gasteiger partial charge in [0.15, 0.2) is 11.5 Å². The standard InChI is InChI=1S/C19H17NO5/c1-24-16-9-14-7-8-20(18(21)15(14)10-17(16)25-2)11-12-3-5-13(6-4-12)19(22)23/h3-10H,11H2,1-2H3,(H,22,23). The van der Waals surface area contributed by atoms with Crippen LogP contribution in [0.4, 0.5) is 0 Å². The third-order valence-corrected chi connectivity index (χ3v) is 4.03. The molecule has 6 heteroatoms. The zero-order valence-electron chi connectivity index (χ0n) is 13.9. The summed E-state index contributed by atoms with van der Waals surface area (Å²) in [5, 5.41) is 10.2. The van der Waals surface area contributed by atoms with Crippen LogP contribution in [0.5, 0.6) is 11.5 Å². The van der Waals surface area contributed by atoms with Crippen LogP contribution < -0.4 is 15.0 Å². The highest BCUT2D eigenvalue weighted by molar-refractivity contribution is 5.87. The maximum Gasteiger partial charge on any atom is 0.335 e. The largest absolute Gasteiger partial charge is 0.493 e. The van der Waals surface area contributed by atoms with Gasteiger partial charge in [-0.05, 0) is 41.3 Å². The number of hydrogen-bond donors (Lipinski definition) is 1. The Balaban J connectivity index is 2.01. The monoisotopic (exact) mass is 339 g/mol. The Morgan fingerprint density at radius 3 is 2.28 bits per heavy atom. The van der Waals surface area contributed by atoms with E-state index in [1.54, 1.807) is 42.1 Å². The summed E-state index contributed by atoms with van der Waals surface area (Å²) in [5.74, 6) is 0.0857. The zero-order chi connectivity index (χ0) is 18.0. The van der Waals surface area contributed by atoms with Crippen molar-refractivity contribution in [3.8, 4) is 11.5 Å². The summed E-state index contributed by atoms with van der Waals surface area (Å²) in [5.41, 5.74) is 0.902. The average molecular weight is 339 g/mol. The van der Waals surface area contributed by atoms with Crippen LogP contribution >= 0.6 is 0 Å². The van der Waals surface area contributed by atoms with Crippen LogP contribution in [-0.2, 0) is 6.54 Å². The molecule has 25 heavy (non-hydrogen) atoms. The molecule has 0 fully saturated rings. The van der Waals surface area contributed by atoms with E-state index in [0.717, 1.165) is 10.9 Å². The molecule has 1 N–H and O–H groups in total. The summed E-state index contributed by atoms with van der Waals surface area (Å²) >= 11 is 0. The highest BCUT2D eigenvalue weighted by Crippen LogP contribution is 2.30. The van der Waals surface area contributed by atoms with Gasteiger partial charge in [0.05, 0.1) is 31.7 Å². The van der Waals surface area contributed by atoms with Gasteiger partial charge < -0.3 is 19.1 Å². The Bertz CT molecular complexity index is 989. The second-order valence-corrected chi connectivity index (χ2v) is 5.55. The van der Waals surface area contributed by atoms with Crippen LogP contribution in [-0.4, -0.2) is 29.9 Å². The molecular weight excluding hydrogens is 322 g/mol. The van der Waals surface area contributed by atoms with Crippen LogP contribution in [0.1, 0.15) is 15.9 Å². The molecule has 6 nitrogen and oxygen atoms in total. The minimum atomic E-state index is -0.976. The van der Waals surface area contributed by atoms with Crippen molar-refractivity contribution in [1.82, 2.24) is 4.57 Å². The van der Waals surface area contributed by atoms with Crippen molar-refractivity contribution in [3.63, 3.8) is 0 Å². The van der Waals surface area contributed by atoms with E-state index in [2.05, 4.69) is 0 Å². The fourth-order valence-electron chi connectivity index (χ4n) is 2.68. The minimum Gasteiger partial charge on any atom is -0.493 e. The molecule has 0 saturated heterocycles. The normalized spacial score (nSPS) is 10.6. The van der Waals surface area contributed by atoms with Crippen molar-refractivity contribution in [3.05, 3.63) is 70.1 Å². The number of benzene rings is 2. The van der Waals surface area contributed by atoms with Gasteiger partial charge in [0, 0.05) is 6.20 Å². The number of pyridine rings is 1. The van der Waals surface area contributed by atoms with Crippen molar-refractivity contribution in [2.45, 2.75) is 6.54 Å². The number of methoxy groups -OCH3 is 2. The molecule has 0 amide bonds. The quantitative estimate of drug-likeness (QED) is 0.773. The highest BCUT2D eigenvalue weighted by atomic mass is 16.5. The molecule has 128 valence electrons. The molecule has 0 unspecified atom stereocenters. The zero-order valence-corrected chi connectivity index (χ0v) is 13.9. The summed E-state index contributed by atoms with van der Waals surface area (Å²) < 4.78 is 12.1. The molecular formula is C19H17NO5. The van der Waals surface area contributed by atoms with E-state index < -0.39 is 5.97 Å². The summed E-state index contributed by atoms with van der Waals surface area (Å²) in [7, 11) is 3.07. The number of carboxylic acid groups (broad SMARTS) is 1. The summed E-state index contributed by atoms with van der Waals surface area (Å²) in [6.07, 6.45) is 1.71. The molecule has 0 bridgehead atoms. The lowest BCUT2D eigenvalue weighted by Crippen LogP contribution is -2.20. The minimum absolute atomic E-state index is 0.152. The predicted molar refractivity (Wildman–Crippen MR) is 93.8 cm³/mol. The molecule has 0 aliphatic rings. The molecule has 0 saturated carbocycles. The number of nitrogens with zero attached hydrogens (tertiary/aromatic N) is 1. The first-order chi connectivity index (χ1) is 12.0. The maximum atomic E-state index is 12.7. The van der Waals surface area contributed by atoms with Crippen LogP contribution in [0.2, 0.25) is 0 Å². The van der Waals surface area contributed by atoms with Gasteiger partial charge in [0.1, 0.15) is 0 Å². The van der Waals surface area contributed by atoms with Crippen molar-refractivity contribution in [2.24, 2.45) is 0 Å². The van der Waals surface area contributed by atoms with Crippen LogP contribution in [0.25, 0.3) is 10.8 Å². The van der Waals surface area contributed by atoms with E-state index in [4.69, 9.17) is 14.6 Å². The Kier molecular flexibility index (Phi) is 4.43. The number of aromatic nitrogens is 1. The third kappa shape index (κ3) is 3.19. The number of fused-ring (bicyclic) bond motifs is 1. The number of aromatic carboxylic acids is 1. The molecule has 0 spiro atoms. The second kappa shape index (κ2) is 6.68. The fraction of sp³-hybridized carbons (Fsp3) is 0.158. The first kappa shape index (κ1) is 16.6. The SMILES string of the molecule is COc1cc2ccn(Cc3ccc(C(=O)O)cc3)c(=O)c2cc1OC. The fourth-order valence-corrected chi connectivity index (χ4v) is 2.68. The molecule has 3 rings (SSSR count). The maximum absolute atomic E-state index is 12.7. The van der Waals surface area contributed by atoms with E-state index in [0.29, 0.717) is 23.4 Å². The smallest absolute Gasteiger partial charge is 0.335 e. The first-order valence-electron chi connectivity index (χ1n) is 7.61. The summed E-state index contributed by atoms with van der Waals surface area (Å²) in [4.78, 5) is 23.7. The van der Waals surface area contributed by atoms with Crippen molar-refractivity contribution in [1.29, 1.82) is 0 Å². The highest BCUT2D eigenvalue weighted by Gasteiger charge is 2.10. The first-order valence-corrected chi connectivity index (χ1v) is 7.61. The number of hydrogen-bond acceptors (Lipinski definition) is 4.